The van der Waals surface area contributed by atoms with Gasteiger partial charge < -0.3 is 19.9 Å². The Morgan fingerprint density at radius 2 is 1.75 bits per heavy atom. The molecule has 148 valence electrons. The second-order valence-corrected chi connectivity index (χ2v) is 6.89. The lowest BCUT2D eigenvalue weighted by atomic mass is 10.2. The summed E-state index contributed by atoms with van der Waals surface area (Å²) in [6.45, 7) is 8.14. The van der Waals surface area contributed by atoms with Gasteiger partial charge in [0.05, 0.1) is 11.8 Å². The molecule has 1 aliphatic heterocycles. The first kappa shape index (κ1) is 19.6. The zero-order valence-electron chi connectivity index (χ0n) is 16.4. The predicted octanol–water partition coefficient (Wildman–Crippen LogP) is 2.18. The molecule has 1 aromatic heterocycles. The van der Waals surface area contributed by atoms with Crippen molar-refractivity contribution in [2.75, 3.05) is 36.4 Å². The smallest absolute Gasteiger partial charge is 0.276 e. The number of nitrogens with one attached hydrogen (secondary N) is 1. The monoisotopic (exact) mass is 383 g/mol. The van der Waals surface area contributed by atoms with Crippen LogP contribution in [0.4, 0.5) is 11.5 Å². The van der Waals surface area contributed by atoms with E-state index in [2.05, 4.69) is 20.4 Å². The number of hydrogen-bond donors (Lipinski definition) is 1. The molecule has 1 fully saturated rings. The number of ether oxygens (including phenoxy) is 1. The van der Waals surface area contributed by atoms with Gasteiger partial charge in [-0.05, 0) is 38.1 Å². The Morgan fingerprint density at radius 1 is 1.04 bits per heavy atom. The van der Waals surface area contributed by atoms with Crippen LogP contribution in [0.2, 0.25) is 0 Å². The minimum atomic E-state index is -0.347. The van der Waals surface area contributed by atoms with Gasteiger partial charge in [0.25, 0.3) is 5.91 Å². The van der Waals surface area contributed by atoms with Gasteiger partial charge >= 0.3 is 0 Å². The molecule has 0 bridgehead atoms. The van der Waals surface area contributed by atoms with E-state index < -0.39 is 0 Å². The Labute approximate surface area is 164 Å². The molecule has 2 amide bonds. The molecular weight excluding hydrogens is 358 g/mol. The summed E-state index contributed by atoms with van der Waals surface area (Å²) in [7, 11) is 0. The summed E-state index contributed by atoms with van der Waals surface area (Å²) in [4.78, 5) is 27.8. The molecular formula is C20H25N5O3. The van der Waals surface area contributed by atoms with Gasteiger partial charge in [-0.1, -0.05) is 12.1 Å². The summed E-state index contributed by atoms with van der Waals surface area (Å²) in [6, 6.07) is 10.7. The number of anilines is 2. The van der Waals surface area contributed by atoms with Crippen molar-refractivity contribution in [2.24, 2.45) is 0 Å². The molecule has 0 atom stereocenters. The van der Waals surface area contributed by atoms with E-state index in [9.17, 15) is 9.59 Å². The van der Waals surface area contributed by atoms with Crippen molar-refractivity contribution in [3.63, 3.8) is 0 Å². The lowest BCUT2D eigenvalue weighted by Crippen LogP contribution is -2.48. The molecule has 1 aromatic carbocycles. The Balaban J connectivity index is 1.64. The van der Waals surface area contributed by atoms with Crippen LogP contribution in [0, 0.1) is 0 Å². The Bertz CT molecular complexity index is 830. The lowest BCUT2D eigenvalue weighted by Gasteiger charge is -2.34. The molecule has 0 aliphatic carbocycles. The summed E-state index contributed by atoms with van der Waals surface area (Å²) in [5.74, 6) is 1.04. The maximum absolute atomic E-state index is 12.5. The normalized spacial score (nSPS) is 14.1. The van der Waals surface area contributed by atoms with Crippen LogP contribution < -0.4 is 15.0 Å². The van der Waals surface area contributed by atoms with Gasteiger partial charge in [0.15, 0.2) is 11.5 Å². The van der Waals surface area contributed by atoms with Crippen molar-refractivity contribution in [2.45, 2.75) is 26.9 Å². The van der Waals surface area contributed by atoms with Gasteiger partial charge in [-0.25, -0.2) is 0 Å². The Morgan fingerprint density at radius 3 is 2.36 bits per heavy atom. The molecule has 1 aliphatic rings. The highest BCUT2D eigenvalue weighted by Gasteiger charge is 2.20. The highest BCUT2D eigenvalue weighted by Crippen LogP contribution is 2.25. The highest BCUT2D eigenvalue weighted by molar-refractivity contribution is 6.03. The van der Waals surface area contributed by atoms with Gasteiger partial charge in [-0.3, -0.25) is 9.59 Å². The number of rotatable bonds is 5. The molecule has 28 heavy (non-hydrogen) atoms. The number of carbonyl (C=O) groups is 2. The maximum Gasteiger partial charge on any atom is 0.276 e. The number of aromatic nitrogens is 2. The lowest BCUT2D eigenvalue weighted by molar-refractivity contribution is -0.129. The fourth-order valence-corrected chi connectivity index (χ4v) is 2.98. The van der Waals surface area contributed by atoms with Gasteiger partial charge in [-0.2, -0.15) is 0 Å². The molecule has 8 heteroatoms. The van der Waals surface area contributed by atoms with Crippen molar-refractivity contribution < 1.29 is 14.3 Å². The molecule has 0 spiro atoms. The van der Waals surface area contributed by atoms with E-state index in [1.165, 1.54) is 0 Å². The van der Waals surface area contributed by atoms with Crippen molar-refractivity contribution in [1.29, 1.82) is 0 Å². The summed E-state index contributed by atoms with van der Waals surface area (Å²) >= 11 is 0. The van der Waals surface area contributed by atoms with Gasteiger partial charge in [0, 0.05) is 33.1 Å². The SMILES string of the molecule is CC(=O)N1CCN(c2ccc(C(=O)Nc3ccccc3OC(C)C)nn2)CC1. The van der Waals surface area contributed by atoms with Crippen LogP contribution in [0.5, 0.6) is 5.75 Å². The summed E-state index contributed by atoms with van der Waals surface area (Å²) in [5.41, 5.74) is 0.818. The fraction of sp³-hybridized carbons (Fsp3) is 0.400. The van der Waals surface area contributed by atoms with E-state index in [1.807, 2.05) is 36.9 Å². The average molecular weight is 383 g/mol. The molecule has 3 rings (SSSR count). The van der Waals surface area contributed by atoms with Gasteiger partial charge in [0.1, 0.15) is 5.75 Å². The minimum Gasteiger partial charge on any atom is -0.489 e. The van der Waals surface area contributed by atoms with Crippen LogP contribution in [0.25, 0.3) is 0 Å². The molecule has 2 aromatic rings. The van der Waals surface area contributed by atoms with E-state index in [1.54, 1.807) is 25.1 Å². The van der Waals surface area contributed by atoms with Gasteiger partial charge in [-0.15, -0.1) is 10.2 Å². The molecule has 2 heterocycles. The van der Waals surface area contributed by atoms with Crippen LogP contribution in [0.3, 0.4) is 0 Å². The maximum atomic E-state index is 12.5. The first-order valence-electron chi connectivity index (χ1n) is 9.35. The molecule has 0 unspecified atom stereocenters. The van der Waals surface area contributed by atoms with E-state index in [0.29, 0.717) is 43.4 Å². The van der Waals surface area contributed by atoms with Crippen LogP contribution in [-0.2, 0) is 4.79 Å². The largest absolute Gasteiger partial charge is 0.489 e. The fourth-order valence-electron chi connectivity index (χ4n) is 2.98. The topological polar surface area (TPSA) is 87.7 Å². The number of nitrogens with zero attached hydrogens (tertiary/aromatic N) is 4. The number of hydrogen-bond acceptors (Lipinski definition) is 6. The van der Waals surface area contributed by atoms with Crippen molar-refractivity contribution in [1.82, 2.24) is 15.1 Å². The predicted molar refractivity (Wildman–Crippen MR) is 107 cm³/mol. The van der Waals surface area contributed by atoms with Crippen LogP contribution in [-0.4, -0.2) is 59.2 Å². The first-order valence-corrected chi connectivity index (χ1v) is 9.35. The third kappa shape index (κ3) is 4.76. The van der Waals surface area contributed by atoms with Crippen LogP contribution in [0.1, 0.15) is 31.3 Å². The second kappa shape index (κ2) is 8.69. The molecule has 8 nitrogen and oxygen atoms in total. The number of para-hydroxylation sites is 2. The van der Waals surface area contributed by atoms with E-state index in [-0.39, 0.29) is 23.6 Å². The zero-order valence-corrected chi connectivity index (χ0v) is 16.4. The molecule has 1 N–H and O–H groups in total. The summed E-state index contributed by atoms with van der Waals surface area (Å²) in [6.07, 6.45) is 0.000552. The van der Waals surface area contributed by atoms with Crippen molar-refractivity contribution in [3.05, 3.63) is 42.1 Å². The average Bonchev–Trinajstić information content (AvgIpc) is 2.69. The highest BCUT2D eigenvalue weighted by atomic mass is 16.5. The van der Waals surface area contributed by atoms with Gasteiger partial charge in [0.2, 0.25) is 5.91 Å². The van der Waals surface area contributed by atoms with Crippen LogP contribution >= 0.6 is 0 Å². The molecule has 1 saturated heterocycles. The quantitative estimate of drug-likeness (QED) is 0.852. The van der Waals surface area contributed by atoms with E-state index in [0.717, 1.165) is 0 Å². The Hall–Kier alpha value is -3.16. The second-order valence-electron chi connectivity index (χ2n) is 6.89. The first-order chi connectivity index (χ1) is 13.4. The number of carbonyl (C=O) groups excluding carboxylic acids is 2. The summed E-state index contributed by atoms with van der Waals surface area (Å²) < 4.78 is 5.72. The number of piperazine rings is 1. The third-order valence-corrected chi connectivity index (χ3v) is 4.43. The minimum absolute atomic E-state index is 0.000552. The Kier molecular flexibility index (Phi) is 6.08. The van der Waals surface area contributed by atoms with Crippen molar-refractivity contribution >= 4 is 23.3 Å². The number of amides is 2. The van der Waals surface area contributed by atoms with Crippen LogP contribution in [0.15, 0.2) is 36.4 Å². The third-order valence-electron chi connectivity index (χ3n) is 4.43. The molecule has 0 radical (unpaired) electrons. The van der Waals surface area contributed by atoms with Crippen molar-refractivity contribution in [3.8, 4) is 5.75 Å². The van der Waals surface area contributed by atoms with E-state index in [4.69, 9.17) is 4.74 Å². The van der Waals surface area contributed by atoms with E-state index >= 15 is 0 Å². The zero-order chi connectivity index (χ0) is 20.1. The summed E-state index contributed by atoms with van der Waals surface area (Å²) in [5, 5.41) is 11.1. The molecule has 0 saturated carbocycles. The number of benzene rings is 1. The standard InChI is InChI=1S/C20H25N5O3/c1-14(2)28-18-7-5-4-6-16(18)21-20(27)17-8-9-19(23-22-17)25-12-10-24(11-13-25)15(3)26/h4-9,14H,10-13H2,1-3H3,(H,21,27).